The van der Waals surface area contributed by atoms with Crippen molar-refractivity contribution in [3.05, 3.63) is 51.7 Å². The SMILES string of the molecule is Cc1nn2c(O)c(C(=O)NC3CC3)c(=O)n(CC(C)C)c2c1/C=C/C(=O)N1CCOc2ccncc21. The van der Waals surface area contributed by atoms with Crippen LogP contribution in [0.3, 0.4) is 0 Å². The first-order chi connectivity index (χ1) is 17.3. The third-order valence-electron chi connectivity index (χ3n) is 6.19. The molecule has 188 valence electrons. The van der Waals surface area contributed by atoms with E-state index < -0.39 is 17.3 Å². The van der Waals surface area contributed by atoms with E-state index in [4.69, 9.17) is 4.74 Å². The molecule has 0 spiro atoms. The van der Waals surface area contributed by atoms with Crippen LogP contribution in [0.25, 0.3) is 11.7 Å². The molecule has 0 saturated heterocycles. The summed E-state index contributed by atoms with van der Waals surface area (Å²) < 4.78 is 8.25. The minimum absolute atomic E-state index is 0.0231. The predicted molar refractivity (Wildman–Crippen MR) is 132 cm³/mol. The number of nitrogens with zero attached hydrogens (tertiary/aromatic N) is 5. The Bertz CT molecular complexity index is 1450. The van der Waals surface area contributed by atoms with Crippen LogP contribution in [-0.2, 0) is 11.3 Å². The lowest BCUT2D eigenvalue weighted by atomic mass is 10.1. The summed E-state index contributed by atoms with van der Waals surface area (Å²) in [5, 5.41) is 18.1. The summed E-state index contributed by atoms with van der Waals surface area (Å²) in [6.07, 6.45) is 7.87. The lowest BCUT2D eigenvalue weighted by Gasteiger charge is -2.28. The lowest BCUT2D eigenvalue weighted by Crippen LogP contribution is -2.37. The van der Waals surface area contributed by atoms with Gasteiger partial charge in [-0.2, -0.15) is 9.61 Å². The normalized spacial score (nSPS) is 15.4. The van der Waals surface area contributed by atoms with E-state index in [1.165, 1.54) is 15.2 Å². The van der Waals surface area contributed by atoms with Gasteiger partial charge in [-0.05, 0) is 31.8 Å². The molecule has 0 bridgehead atoms. The fourth-order valence-corrected chi connectivity index (χ4v) is 4.32. The molecule has 0 aromatic carbocycles. The van der Waals surface area contributed by atoms with Crippen molar-refractivity contribution >= 4 is 29.2 Å². The van der Waals surface area contributed by atoms with Gasteiger partial charge in [0.05, 0.1) is 18.4 Å². The number of anilines is 1. The second kappa shape index (κ2) is 9.14. The Morgan fingerprint density at radius 3 is 2.83 bits per heavy atom. The maximum absolute atomic E-state index is 13.4. The number of hydrogen-bond donors (Lipinski definition) is 2. The summed E-state index contributed by atoms with van der Waals surface area (Å²) in [6, 6.07) is 1.73. The number of nitrogens with one attached hydrogen (secondary N) is 1. The molecule has 11 nitrogen and oxygen atoms in total. The Morgan fingerprint density at radius 2 is 2.11 bits per heavy atom. The molecule has 1 fully saturated rings. The van der Waals surface area contributed by atoms with E-state index >= 15 is 0 Å². The number of fused-ring (bicyclic) bond motifs is 2. The van der Waals surface area contributed by atoms with Crippen LogP contribution in [0.4, 0.5) is 5.69 Å². The minimum Gasteiger partial charge on any atom is -0.492 e. The van der Waals surface area contributed by atoms with Gasteiger partial charge in [-0.15, -0.1) is 0 Å². The number of amides is 2. The molecule has 2 N–H and O–H groups in total. The summed E-state index contributed by atoms with van der Waals surface area (Å²) in [5.74, 6) is -0.761. The molecule has 1 aliphatic heterocycles. The second-order valence-electron chi connectivity index (χ2n) is 9.51. The summed E-state index contributed by atoms with van der Waals surface area (Å²) in [7, 11) is 0. The highest BCUT2D eigenvalue weighted by molar-refractivity contribution is 6.05. The molecule has 1 saturated carbocycles. The first kappa shape index (κ1) is 23.6. The number of aromatic nitrogens is 4. The Balaban J connectivity index is 1.58. The van der Waals surface area contributed by atoms with E-state index in [-0.39, 0.29) is 23.4 Å². The first-order valence-electron chi connectivity index (χ1n) is 12.0. The number of aryl methyl sites for hydroxylation is 1. The number of hydrogen-bond acceptors (Lipinski definition) is 7. The van der Waals surface area contributed by atoms with E-state index in [0.717, 1.165) is 12.8 Å². The fourth-order valence-electron chi connectivity index (χ4n) is 4.32. The highest BCUT2D eigenvalue weighted by Crippen LogP contribution is 2.30. The van der Waals surface area contributed by atoms with Gasteiger partial charge in [0.15, 0.2) is 5.56 Å². The number of ether oxygens (including phenoxy) is 1. The first-order valence-corrected chi connectivity index (χ1v) is 12.0. The van der Waals surface area contributed by atoms with E-state index in [2.05, 4.69) is 15.4 Å². The second-order valence-corrected chi connectivity index (χ2v) is 9.51. The molecule has 3 aromatic rings. The third kappa shape index (κ3) is 4.21. The summed E-state index contributed by atoms with van der Waals surface area (Å²) >= 11 is 0. The molecule has 4 heterocycles. The fraction of sp³-hybridized carbons (Fsp3) is 0.400. The molecular formula is C25H28N6O5. The molecule has 0 radical (unpaired) electrons. The van der Waals surface area contributed by atoms with Gasteiger partial charge < -0.3 is 20.1 Å². The van der Waals surface area contributed by atoms with Crippen LogP contribution in [0, 0.1) is 12.8 Å². The van der Waals surface area contributed by atoms with E-state index in [9.17, 15) is 19.5 Å². The monoisotopic (exact) mass is 492 g/mol. The van der Waals surface area contributed by atoms with Gasteiger partial charge in [-0.1, -0.05) is 13.8 Å². The van der Waals surface area contributed by atoms with E-state index in [0.29, 0.717) is 48.0 Å². The highest BCUT2D eigenvalue weighted by Gasteiger charge is 2.30. The standard InChI is InChI=1S/C25H28N6O5/c1-14(2)13-30-23-17(6-7-20(32)29-10-11-36-19-8-9-26-12-18(19)29)15(3)28-31(23)25(35)21(24(30)34)22(33)27-16-4-5-16/h6-9,12,14,16,35H,4-5,10-11,13H2,1-3H3,(H,27,33)/b7-6+. The van der Waals surface area contributed by atoms with Crippen molar-refractivity contribution < 1.29 is 19.4 Å². The smallest absolute Gasteiger partial charge is 0.270 e. The van der Waals surface area contributed by atoms with Crippen LogP contribution in [0.2, 0.25) is 0 Å². The number of pyridine rings is 1. The lowest BCUT2D eigenvalue weighted by molar-refractivity contribution is -0.114. The molecule has 1 aliphatic carbocycles. The van der Waals surface area contributed by atoms with Crippen molar-refractivity contribution in [3.63, 3.8) is 0 Å². The van der Waals surface area contributed by atoms with E-state index in [1.807, 2.05) is 13.8 Å². The van der Waals surface area contributed by atoms with Crippen LogP contribution < -0.4 is 20.5 Å². The summed E-state index contributed by atoms with van der Waals surface area (Å²) in [5.41, 5.74) is 0.971. The topological polar surface area (TPSA) is 131 Å². The maximum Gasteiger partial charge on any atom is 0.270 e. The third-order valence-corrected chi connectivity index (χ3v) is 6.19. The maximum atomic E-state index is 13.4. The van der Waals surface area contributed by atoms with Crippen LogP contribution in [0.1, 0.15) is 48.3 Å². The zero-order valence-electron chi connectivity index (χ0n) is 20.4. The molecule has 11 heteroatoms. The predicted octanol–water partition coefficient (Wildman–Crippen LogP) is 1.89. The molecule has 36 heavy (non-hydrogen) atoms. The largest absolute Gasteiger partial charge is 0.492 e. The zero-order chi connectivity index (χ0) is 25.6. The molecule has 5 rings (SSSR count). The van der Waals surface area contributed by atoms with Crippen LogP contribution in [-0.4, -0.2) is 55.3 Å². The molecule has 0 unspecified atom stereocenters. The average Bonchev–Trinajstić information content (AvgIpc) is 3.60. The van der Waals surface area contributed by atoms with Crippen molar-refractivity contribution in [2.45, 2.75) is 46.2 Å². The van der Waals surface area contributed by atoms with Gasteiger partial charge in [-0.25, -0.2) is 0 Å². The molecule has 0 atom stereocenters. The van der Waals surface area contributed by atoms with Gasteiger partial charge in [0.25, 0.3) is 17.4 Å². The van der Waals surface area contributed by atoms with Gasteiger partial charge in [0.2, 0.25) is 5.88 Å². The highest BCUT2D eigenvalue weighted by atomic mass is 16.5. The Hall–Kier alpha value is -4.15. The van der Waals surface area contributed by atoms with Crippen LogP contribution in [0.5, 0.6) is 11.6 Å². The Kier molecular flexibility index (Phi) is 5.99. The van der Waals surface area contributed by atoms with Crippen molar-refractivity contribution in [1.82, 2.24) is 24.5 Å². The zero-order valence-corrected chi connectivity index (χ0v) is 20.4. The van der Waals surface area contributed by atoms with Crippen molar-refractivity contribution in [1.29, 1.82) is 0 Å². The number of rotatable bonds is 6. The molecule has 2 aliphatic rings. The average molecular weight is 493 g/mol. The van der Waals surface area contributed by atoms with Gasteiger partial charge in [0, 0.05) is 36.5 Å². The van der Waals surface area contributed by atoms with Crippen LogP contribution >= 0.6 is 0 Å². The number of carbonyl (C=O) groups excluding carboxylic acids is 2. The number of carbonyl (C=O) groups is 2. The van der Waals surface area contributed by atoms with E-state index in [1.54, 1.807) is 36.4 Å². The van der Waals surface area contributed by atoms with Gasteiger partial charge >= 0.3 is 0 Å². The van der Waals surface area contributed by atoms with Gasteiger partial charge in [-0.3, -0.25) is 23.9 Å². The Labute approximate surface area is 207 Å². The summed E-state index contributed by atoms with van der Waals surface area (Å²) in [6.45, 7) is 6.65. The molecular weight excluding hydrogens is 464 g/mol. The molecule has 2 amide bonds. The van der Waals surface area contributed by atoms with Gasteiger partial charge in [0.1, 0.15) is 23.7 Å². The summed E-state index contributed by atoms with van der Waals surface area (Å²) in [4.78, 5) is 45.0. The quantitative estimate of drug-likeness (QED) is 0.503. The van der Waals surface area contributed by atoms with Crippen LogP contribution in [0.15, 0.2) is 29.3 Å². The Morgan fingerprint density at radius 1 is 1.33 bits per heavy atom. The van der Waals surface area contributed by atoms with Crippen molar-refractivity contribution in [3.8, 4) is 11.6 Å². The van der Waals surface area contributed by atoms with Crippen molar-refractivity contribution in [2.24, 2.45) is 5.92 Å². The van der Waals surface area contributed by atoms with Crippen molar-refractivity contribution in [2.75, 3.05) is 18.1 Å². The minimum atomic E-state index is -0.612. The molecule has 3 aromatic heterocycles. The number of aromatic hydroxyl groups is 1.